The molecule has 0 aromatic carbocycles. The van der Waals surface area contributed by atoms with Crippen LogP contribution in [-0.2, 0) is 10.2 Å². The molecule has 1 aromatic rings. The normalized spacial score (nSPS) is 20.3. The van der Waals surface area contributed by atoms with E-state index in [9.17, 15) is 0 Å². The third-order valence-corrected chi connectivity index (χ3v) is 3.40. The zero-order valence-electron chi connectivity index (χ0n) is 12.5. The highest BCUT2D eigenvalue weighted by molar-refractivity contribution is 5.38. The second kappa shape index (κ2) is 5.87. The number of rotatable bonds is 3. The van der Waals surface area contributed by atoms with E-state index in [0.29, 0.717) is 5.92 Å². The maximum Gasteiger partial charge on any atom is 0.136 e. The van der Waals surface area contributed by atoms with Gasteiger partial charge in [0.1, 0.15) is 11.6 Å². The molecule has 0 saturated carbocycles. The number of aromatic nitrogens is 2. The fraction of sp³-hybridized carbons (Fsp3) is 0.733. The Kier molecular flexibility index (Phi) is 4.40. The average molecular weight is 263 g/mol. The smallest absolute Gasteiger partial charge is 0.136 e. The van der Waals surface area contributed by atoms with Crippen LogP contribution in [0.15, 0.2) is 6.07 Å². The highest BCUT2D eigenvalue weighted by Crippen LogP contribution is 2.27. The average Bonchev–Trinajstić information content (AvgIpc) is 2.39. The molecule has 2 rings (SSSR count). The Morgan fingerprint density at radius 3 is 2.74 bits per heavy atom. The van der Waals surface area contributed by atoms with Crippen molar-refractivity contribution >= 4 is 5.82 Å². The summed E-state index contributed by atoms with van der Waals surface area (Å²) in [7, 11) is 0. The van der Waals surface area contributed by atoms with E-state index < -0.39 is 0 Å². The zero-order chi connectivity index (χ0) is 13.9. The van der Waals surface area contributed by atoms with Crippen LogP contribution in [0.5, 0.6) is 0 Å². The van der Waals surface area contributed by atoms with Crippen LogP contribution in [0.4, 0.5) is 5.82 Å². The van der Waals surface area contributed by atoms with E-state index in [1.165, 1.54) is 0 Å². The molecule has 1 saturated heterocycles. The second-order valence-corrected chi connectivity index (χ2v) is 6.19. The summed E-state index contributed by atoms with van der Waals surface area (Å²) in [5.41, 5.74) is 1.14. The van der Waals surface area contributed by atoms with Gasteiger partial charge in [-0.1, -0.05) is 20.8 Å². The first kappa shape index (κ1) is 14.3. The van der Waals surface area contributed by atoms with Crippen LogP contribution in [0.2, 0.25) is 0 Å². The van der Waals surface area contributed by atoms with E-state index in [0.717, 1.165) is 49.9 Å². The Hall–Kier alpha value is -1.16. The molecule has 1 aliphatic heterocycles. The number of nitrogens with zero attached hydrogens (tertiary/aromatic N) is 2. The molecule has 106 valence electrons. The first-order chi connectivity index (χ1) is 9.00. The summed E-state index contributed by atoms with van der Waals surface area (Å²) < 4.78 is 5.56. The van der Waals surface area contributed by atoms with Gasteiger partial charge in [0.25, 0.3) is 0 Å². The van der Waals surface area contributed by atoms with Crippen LogP contribution in [-0.4, -0.2) is 29.7 Å². The highest BCUT2D eigenvalue weighted by Gasteiger charge is 2.23. The number of hydrogen-bond acceptors (Lipinski definition) is 4. The van der Waals surface area contributed by atoms with Gasteiger partial charge in [0.2, 0.25) is 0 Å². The lowest BCUT2D eigenvalue weighted by atomic mass is 9.91. The molecule has 4 nitrogen and oxygen atoms in total. The van der Waals surface area contributed by atoms with Crippen LogP contribution in [0.3, 0.4) is 0 Å². The summed E-state index contributed by atoms with van der Waals surface area (Å²) in [6, 6.07) is 2.07. The van der Waals surface area contributed by atoms with Crippen LogP contribution in [0.25, 0.3) is 0 Å². The van der Waals surface area contributed by atoms with Crippen LogP contribution in [0.1, 0.15) is 58.0 Å². The Morgan fingerprint density at radius 1 is 1.37 bits per heavy atom. The van der Waals surface area contributed by atoms with Crippen LogP contribution >= 0.6 is 0 Å². The van der Waals surface area contributed by atoms with Crippen molar-refractivity contribution in [1.29, 1.82) is 0 Å². The Balaban J connectivity index is 2.33. The number of ether oxygens (including phenoxy) is 1. The van der Waals surface area contributed by atoms with Crippen LogP contribution < -0.4 is 5.32 Å². The second-order valence-electron chi connectivity index (χ2n) is 6.19. The van der Waals surface area contributed by atoms with Crippen molar-refractivity contribution in [3.8, 4) is 0 Å². The summed E-state index contributed by atoms with van der Waals surface area (Å²) >= 11 is 0. The van der Waals surface area contributed by atoms with Gasteiger partial charge in [-0.3, -0.25) is 0 Å². The minimum Gasteiger partial charge on any atom is -0.381 e. The van der Waals surface area contributed by atoms with E-state index >= 15 is 0 Å². The lowest BCUT2D eigenvalue weighted by Crippen LogP contribution is -2.22. The van der Waals surface area contributed by atoms with Crippen molar-refractivity contribution < 1.29 is 4.74 Å². The third kappa shape index (κ3) is 3.66. The molecule has 0 spiro atoms. The van der Waals surface area contributed by atoms with Gasteiger partial charge in [-0.15, -0.1) is 0 Å². The van der Waals surface area contributed by atoms with E-state index in [-0.39, 0.29) is 5.41 Å². The van der Waals surface area contributed by atoms with Crippen molar-refractivity contribution in [2.75, 3.05) is 25.1 Å². The summed E-state index contributed by atoms with van der Waals surface area (Å²) in [4.78, 5) is 9.44. The first-order valence-corrected chi connectivity index (χ1v) is 7.21. The molecule has 0 amide bonds. The quantitative estimate of drug-likeness (QED) is 0.910. The van der Waals surface area contributed by atoms with E-state index in [1.54, 1.807) is 0 Å². The number of anilines is 1. The molecule has 0 radical (unpaired) electrons. The lowest BCUT2D eigenvalue weighted by molar-refractivity contribution is 0.0779. The van der Waals surface area contributed by atoms with Gasteiger partial charge in [-0.05, 0) is 19.8 Å². The largest absolute Gasteiger partial charge is 0.381 e. The summed E-state index contributed by atoms with van der Waals surface area (Å²) in [6.07, 6.45) is 2.23. The summed E-state index contributed by atoms with van der Waals surface area (Å²) in [5.74, 6) is 2.21. The number of hydrogen-bond donors (Lipinski definition) is 1. The predicted molar refractivity (Wildman–Crippen MR) is 77.7 cm³/mol. The fourth-order valence-corrected chi connectivity index (χ4v) is 2.25. The zero-order valence-corrected chi connectivity index (χ0v) is 12.5. The minimum atomic E-state index is 0.0391. The summed E-state index contributed by atoms with van der Waals surface area (Å²) in [6.45, 7) is 11.1. The van der Waals surface area contributed by atoms with Gasteiger partial charge in [0.05, 0.1) is 12.3 Å². The molecular weight excluding hydrogens is 238 g/mol. The Bertz CT molecular complexity index is 420. The molecule has 0 aliphatic carbocycles. The molecular formula is C15H25N3O. The standard InChI is InChI=1S/C15H25N3O/c1-5-16-13-9-12(15(2,3)4)17-14(18-13)11-7-6-8-19-10-11/h9,11H,5-8,10H2,1-4H3,(H,16,17,18). The van der Waals surface area contributed by atoms with Gasteiger partial charge in [0, 0.05) is 30.6 Å². The van der Waals surface area contributed by atoms with Gasteiger partial charge in [-0.25, -0.2) is 9.97 Å². The molecule has 0 bridgehead atoms. The fourth-order valence-electron chi connectivity index (χ4n) is 2.25. The van der Waals surface area contributed by atoms with Crippen molar-refractivity contribution in [2.24, 2.45) is 0 Å². The lowest BCUT2D eigenvalue weighted by Gasteiger charge is -2.24. The molecule has 1 aliphatic rings. The minimum absolute atomic E-state index is 0.0391. The predicted octanol–water partition coefficient (Wildman–Crippen LogP) is 3.10. The molecule has 4 heteroatoms. The van der Waals surface area contributed by atoms with Crippen molar-refractivity contribution in [3.63, 3.8) is 0 Å². The van der Waals surface area contributed by atoms with Crippen molar-refractivity contribution in [1.82, 2.24) is 9.97 Å². The highest BCUT2D eigenvalue weighted by atomic mass is 16.5. The molecule has 1 aromatic heterocycles. The SMILES string of the molecule is CCNc1cc(C(C)(C)C)nc(C2CCCOC2)n1. The third-order valence-electron chi connectivity index (χ3n) is 3.40. The molecule has 1 unspecified atom stereocenters. The van der Waals surface area contributed by atoms with Gasteiger partial charge >= 0.3 is 0 Å². The molecule has 2 heterocycles. The van der Waals surface area contributed by atoms with E-state index in [1.807, 2.05) is 0 Å². The number of nitrogens with one attached hydrogen (secondary N) is 1. The Labute approximate surface area is 116 Å². The monoisotopic (exact) mass is 263 g/mol. The molecule has 1 N–H and O–H groups in total. The van der Waals surface area contributed by atoms with Gasteiger partial charge in [-0.2, -0.15) is 0 Å². The molecule has 19 heavy (non-hydrogen) atoms. The van der Waals surface area contributed by atoms with Crippen molar-refractivity contribution in [3.05, 3.63) is 17.6 Å². The molecule has 1 fully saturated rings. The van der Waals surface area contributed by atoms with Gasteiger partial charge in [0.15, 0.2) is 0 Å². The topological polar surface area (TPSA) is 47.0 Å². The molecule has 1 atom stereocenters. The van der Waals surface area contributed by atoms with E-state index in [4.69, 9.17) is 9.72 Å². The van der Waals surface area contributed by atoms with Crippen molar-refractivity contribution in [2.45, 2.75) is 51.9 Å². The maximum atomic E-state index is 5.56. The van der Waals surface area contributed by atoms with Crippen LogP contribution in [0, 0.1) is 0 Å². The Morgan fingerprint density at radius 2 is 2.16 bits per heavy atom. The maximum absolute atomic E-state index is 5.56. The summed E-state index contributed by atoms with van der Waals surface area (Å²) in [5, 5.41) is 3.31. The first-order valence-electron chi connectivity index (χ1n) is 7.21. The van der Waals surface area contributed by atoms with E-state index in [2.05, 4.69) is 44.1 Å². The van der Waals surface area contributed by atoms with Gasteiger partial charge < -0.3 is 10.1 Å².